The lowest BCUT2D eigenvalue weighted by Crippen LogP contribution is -1.92. The Labute approximate surface area is 109 Å². The van der Waals surface area contributed by atoms with E-state index in [2.05, 4.69) is 50.5 Å². The van der Waals surface area contributed by atoms with Crippen LogP contribution in [0.5, 0.6) is 0 Å². The van der Waals surface area contributed by atoms with E-state index in [1.54, 1.807) is 0 Å². The fourth-order valence-electron chi connectivity index (χ4n) is 1.89. The Kier molecular flexibility index (Phi) is 3.61. The Bertz CT molecular complexity index is 601. The molecular weight excluding hydrogens is 218 g/mol. The van der Waals surface area contributed by atoms with Gasteiger partial charge >= 0.3 is 0 Å². The molecule has 0 aliphatic carbocycles. The Hall–Kier alpha value is -1.89. The topological polar surface area (TPSA) is 12.9 Å². The smallest absolute Gasteiger partial charge is 0.0774 e. The summed E-state index contributed by atoms with van der Waals surface area (Å²) in [4.78, 5) is 4.48. The van der Waals surface area contributed by atoms with Gasteiger partial charge in [0.15, 0.2) is 0 Å². The number of fused-ring (bicyclic) bond motifs is 1. The van der Waals surface area contributed by atoms with Crippen LogP contribution in [0.15, 0.2) is 54.8 Å². The molecule has 0 aliphatic rings. The second kappa shape index (κ2) is 5.18. The van der Waals surface area contributed by atoms with Gasteiger partial charge in [0, 0.05) is 11.6 Å². The van der Waals surface area contributed by atoms with Crippen LogP contribution in [0.3, 0.4) is 0 Å². The lowest BCUT2D eigenvalue weighted by molar-refractivity contribution is 0.770. The summed E-state index contributed by atoms with van der Waals surface area (Å²) < 4.78 is 0. The van der Waals surface area contributed by atoms with Gasteiger partial charge in [-0.3, -0.25) is 4.98 Å². The van der Waals surface area contributed by atoms with Crippen molar-refractivity contribution in [3.05, 3.63) is 60.5 Å². The van der Waals surface area contributed by atoms with Crippen molar-refractivity contribution < 1.29 is 0 Å². The molecule has 0 saturated carbocycles. The number of hydrogen-bond acceptors (Lipinski definition) is 1. The molecule has 1 aromatic heterocycles. The van der Waals surface area contributed by atoms with Gasteiger partial charge in [-0.05, 0) is 29.9 Å². The highest BCUT2D eigenvalue weighted by molar-refractivity contribution is 5.93. The number of nitrogens with zero attached hydrogens (tertiary/aromatic N) is 1. The van der Waals surface area contributed by atoms with Crippen LogP contribution in [0.2, 0.25) is 0 Å². The van der Waals surface area contributed by atoms with Crippen molar-refractivity contribution in [2.45, 2.75) is 20.8 Å². The minimum Gasteiger partial charge on any atom is -0.256 e. The van der Waals surface area contributed by atoms with Crippen molar-refractivity contribution in [2.75, 3.05) is 0 Å². The molecule has 1 heterocycles. The Morgan fingerprint density at radius 2 is 1.94 bits per heavy atom. The maximum Gasteiger partial charge on any atom is 0.0774 e. The van der Waals surface area contributed by atoms with Gasteiger partial charge in [0.1, 0.15) is 0 Å². The van der Waals surface area contributed by atoms with Gasteiger partial charge in [0.2, 0.25) is 0 Å². The molecule has 0 radical (unpaired) electrons. The van der Waals surface area contributed by atoms with E-state index in [0.717, 1.165) is 16.7 Å². The van der Waals surface area contributed by atoms with Crippen LogP contribution in [0.1, 0.15) is 26.5 Å². The summed E-state index contributed by atoms with van der Waals surface area (Å²) in [6.07, 6.45) is 3.99. The van der Waals surface area contributed by atoms with Gasteiger partial charge < -0.3 is 0 Å². The molecule has 2 rings (SSSR count). The molecule has 0 saturated heterocycles. The molecule has 0 aliphatic heterocycles. The molecule has 0 spiro atoms. The lowest BCUT2D eigenvalue weighted by Gasteiger charge is -2.08. The molecule has 18 heavy (non-hydrogen) atoms. The van der Waals surface area contributed by atoms with Crippen molar-refractivity contribution in [3.63, 3.8) is 0 Å². The number of aromatic nitrogens is 1. The minimum atomic E-state index is 0.539. The van der Waals surface area contributed by atoms with Crippen LogP contribution in [-0.2, 0) is 0 Å². The van der Waals surface area contributed by atoms with Crippen LogP contribution in [-0.4, -0.2) is 4.98 Å². The number of hydrogen-bond donors (Lipinski definition) is 0. The molecule has 0 atom stereocenters. The lowest BCUT2D eigenvalue weighted by atomic mass is 9.99. The van der Waals surface area contributed by atoms with Crippen LogP contribution >= 0.6 is 0 Å². The third-order valence-electron chi connectivity index (χ3n) is 3.29. The highest BCUT2D eigenvalue weighted by Gasteiger charge is 2.05. The van der Waals surface area contributed by atoms with E-state index in [0.29, 0.717) is 5.92 Å². The van der Waals surface area contributed by atoms with Gasteiger partial charge in [0.05, 0.1) is 5.69 Å². The van der Waals surface area contributed by atoms with E-state index in [1.165, 1.54) is 11.0 Å². The minimum absolute atomic E-state index is 0.539. The van der Waals surface area contributed by atoms with Gasteiger partial charge in [-0.1, -0.05) is 56.3 Å². The maximum absolute atomic E-state index is 4.48. The van der Waals surface area contributed by atoms with Crippen molar-refractivity contribution in [2.24, 2.45) is 5.92 Å². The summed E-state index contributed by atoms with van der Waals surface area (Å²) in [6.45, 7) is 10.7. The molecule has 0 N–H and O–H groups in total. The van der Waals surface area contributed by atoms with Crippen molar-refractivity contribution in [1.29, 1.82) is 0 Å². The van der Waals surface area contributed by atoms with Gasteiger partial charge in [-0.15, -0.1) is 0 Å². The van der Waals surface area contributed by atoms with E-state index >= 15 is 0 Å². The summed E-state index contributed by atoms with van der Waals surface area (Å²) in [5, 5.41) is 2.37. The third kappa shape index (κ3) is 2.51. The standard InChI is InChI=1S/C17H19N/c1-12(2)13(3)11-14(4)17-16-8-6-5-7-15(16)9-10-18-17/h5-12H,4H2,1-3H3/b13-11+. The second-order valence-electron chi connectivity index (χ2n) is 4.95. The summed E-state index contributed by atoms with van der Waals surface area (Å²) in [5.41, 5.74) is 3.29. The zero-order valence-corrected chi connectivity index (χ0v) is 11.3. The SMILES string of the molecule is C=C(/C=C(\C)C(C)C)c1nccc2ccccc12. The Morgan fingerprint density at radius 1 is 1.22 bits per heavy atom. The van der Waals surface area contributed by atoms with Gasteiger partial charge in [-0.25, -0.2) is 0 Å². The first-order valence-corrected chi connectivity index (χ1v) is 6.31. The van der Waals surface area contributed by atoms with E-state index in [4.69, 9.17) is 0 Å². The van der Waals surface area contributed by atoms with Crippen molar-refractivity contribution in [1.82, 2.24) is 4.98 Å². The molecule has 1 heteroatoms. The average Bonchev–Trinajstić information content (AvgIpc) is 2.37. The van der Waals surface area contributed by atoms with Crippen LogP contribution in [0, 0.1) is 5.92 Å². The van der Waals surface area contributed by atoms with Crippen LogP contribution in [0.25, 0.3) is 16.3 Å². The summed E-state index contributed by atoms with van der Waals surface area (Å²) in [5.74, 6) is 0.539. The normalized spacial score (nSPS) is 12.1. The first kappa shape index (κ1) is 12.6. The average molecular weight is 237 g/mol. The molecule has 0 amide bonds. The zero-order chi connectivity index (χ0) is 13.1. The van der Waals surface area contributed by atoms with Gasteiger partial charge in [-0.2, -0.15) is 0 Å². The monoisotopic (exact) mass is 237 g/mol. The number of benzene rings is 1. The Morgan fingerprint density at radius 3 is 2.67 bits per heavy atom. The fourth-order valence-corrected chi connectivity index (χ4v) is 1.89. The van der Waals surface area contributed by atoms with Crippen LogP contribution in [0.4, 0.5) is 0 Å². The van der Waals surface area contributed by atoms with Gasteiger partial charge in [0.25, 0.3) is 0 Å². The second-order valence-corrected chi connectivity index (χ2v) is 4.95. The highest BCUT2D eigenvalue weighted by Crippen LogP contribution is 2.24. The van der Waals surface area contributed by atoms with E-state index < -0.39 is 0 Å². The van der Waals surface area contributed by atoms with Crippen LogP contribution < -0.4 is 0 Å². The van der Waals surface area contributed by atoms with E-state index in [1.807, 2.05) is 24.4 Å². The Balaban J connectivity index is 2.49. The largest absolute Gasteiger partial charge is 0.256 e. The molecule has 1 aromatic carbocycles. The summed E-state index contributed by atoms with van der Waals surface area (Å²) in [7, 11) is 0. The number of allylic oxidation sites excluding steroid dienone is 3. The molecule has 0 fully saturated rings. The summed E-state index contributed by atoms with van der Waals surface area (Å²) >= 11 is 0. The maximum atomic E-state index is 4.48. The molecule has 1 nitrogen and oxygen atoms in total. The predicted octanol–water partition coefficient (Wildman–Crippen LogP) is 4.85. The number of pyridine rings is 1. The molecule has 92 valence electrons. The molecule has 0 unspecified atom stereocenters. The quantitative estimate of drug-likeness (QED) is 0.695. The third-order valence-corrected chi connectivity index (χ3v) is 3.29. The van der Waals surface area contributed by atoms with E-state index in [-0.39, 0.29) is 0 Å². The first-order valence-electron chi connectivity index (χ1n) is 6.31. The molecule has 2 aromatic rings. The van der Waals surface area contributed by atoms with Crippen molar-refractivity contribution in [3.8, 4) is 0 Å². The van der Waals surface area contributed by atoms with E-state index in [9.17, 15) is 0 Å². The zero-order valence-electron chi connectivity index (χ0n) is 11.3. The van der Waals surface area contributed by atoms with Crippen molar-refractivity contribution >= 4 is 16.3 Å². The number of rotatable bonds is 3. The highest BCUT2D eigenvalue weighted by atomic mass is 14.7. The molecular formula is C17H19N. The predicted molar refractivity (Wildman–Crippen MR) is 79.4 cm³/mol. The summed E-state index contributed by atoms with van der Waals surface area (Å²) in [6, 6.07) is 10.3. The first-order chi connectivity index (χ1) is 8.59. The fraction of sp³-hybridized carbons (Fsp3) is 0.235. The molecule has 0 bridgehead atoms.